The van der Waals surface area contributed by atoms with Gasteiger partial charge in [-0.1, -0.05) is 60.7 Å². The number of methoxy groups -OCH3 is 1. The van der Waals surface area contributed by atoms with Crippen LogP contribution in [0.1, 0.15) is 21.5 Å². The maximum Gasteiger partial charge on any atom is 0.166 e. The molecule has 0 saturated carbocycles. The quantitative estimate of drug-likeness (QED) is 0.571. The first-order chi connectivity index (χ1) is 12.3. The van der Waals surface area contributed by atoms with E-state index in [-0.39, 0.29) is 11.7 Å². The molecular formula is C23H22O2. The summed E-state index contributed by atoms with van der Waals surface area (Å²) >= 11 is 0. The fraction of sp³-hybridized carbons (Fsp3) is 0.174. The highest BCUT2D eigenvalue weighted by Crippen LogP contribution is 2.21. The molecule has 0 aliphatic heterocycles. The minimum Gasteiger partial charge on any atom is -0.497 e. The third kappa shape index (κ3) is 4.57. The molecule has 0 amide bonds. The molecule has 0 N–H and O–H groups in total. The van der Waals surface area contributed by atoms with Crippen LogP contribution in [0.5, 0.6) is 5.75 Å². The highest BCUT2D eigenvalue weighted by molar-refractivity contribution is 5.98. The van der Waals surface area contributed by atoms with Crippen molar-refractivity contribution in [2.75, 3.05) is 7.11 Å². The van der Waals surface area contributed by atoms with E-state index in [2.05, 4.69) is 24.3 Å². The van der Waals surface area contributed by atoms with Crippen molar-refractivity contribution in [3.05, 3.63) is 102 Å². The molecule has 0 radical (unpaired) electrons. The van der Waals surface area contributed by atoms with Crippen LogP contribution in [0.2, 0.25) is 0 Å². The zero-order valence-electron chi connectivity index (χ0n) is 14.4. The standard InChI is InChI=1S/C23H22O2/c1-25-22-14-12-20(13-15-22)23(24)21(16-18-8-4-2-5-9-18)17-19-10-6-3-7-11-19/h2-15,21H,16-17H2,1H3. The second kappa shape index (κ2) is 8.29. The number of hydrogen-bond donors (Lipinski definition) is 0. The molecule has 3 aromatic rings. The molecule has 0 unspecified atom stereocenters. The molecule has 126 valence electrons. The monoisotopic (exact) mass is 330 g/mol. The summed E-state index contributed by atoms with van der Waals surface area (Å²) in [7, 11) is 1.63. The smallest absolute Gasteiger partial charge is 0.166 e. The third-order valence-corrected chi connectivity index (χ3v) is 4.40. The SMILES string of the molecule is COc1ccc(C(=O)C(Cc2ccccc2)Cc2ccccc2)cc1. The Morgan fingerprint density at radius 3 is 1.68 bits per heavy atom. The summed E-state index contributed by atoms with van der Waals surface area (Å²) in [6, 6.07) is 27.8. The van der Waals surface area contributed by atoms with Crippen LogP contribution in [0.25, 0.3) is 0 Å². The lowest BCUT2D eigenvalue weighted by atomic mass is 9.86. The molecule has 2 heteroatoms. The Bertz CT molecular complexity index is 751. The Morgan fingerprint density at radius 1 is 0.760 bits per heavy atom. The first kappa shape index (κ1) is 17.0. The average Bonchev–Trinajstić information content (AvgIpc) is 2.68. The molecule has 3 rings (SSSR count). The first-order valence-corrected chi connectivity index (χ1v) is 8.52. The second-order valence-electron chi connectivity index (χ2n) is 6.17. The molecule has 3 aromatic carbocycles. The molecule has 0 fully saturated rings. The molecule has 25 heavy (non-hydrogen) atoms. The number of ketones is 1. The van der Waals surface area contributed by atoms with E-state index < -0.39 is 0 Å². The summed E-state index contributed by atoms with van der Waals surface area (Å²) in [6.07, 6.45) is 1.47. The Kier molecular flexibility index (Phi) is 5.63. The second-order valence-corrected chi connectivity index (χ2v) is 6.17. The predicted molar refractivity (Wildman–Crippen MR) is 101 cm³/mol. The van der Waals surface area contributed by atoms with Gasteiger partial charge < -0.3 is 4.74 Å². The van der Waals surface area contributed by atoms with Gasteiger partial charge in [-0.2, -0.15) is 0 Å². The van der Waals surface area contributed by atoms with Crippen LogP contribution >= 0.6 is 0 Å². The van der Waals surface area contributed by atoms with E-state index in [0.29, 0.717) is 0 Å². The van der Waals surface area contributed by atoms with Gasteiger partial charge in [-0.3, -0.25) is 4.79 Å². The van der Waals surface area contributed by atoms with Crippen LogP contribution in [-0.4, -0.2) is 12.9 Å². The van der Waals surface area contributed by atoms with Crippen LogP contribution in [0.4, 0.5) is 0 Å². The van der Waals surface area contributed by atoms with Crippen molar-refractivity contribution < 1.29 is 9.53 Å². The molecule has 0 spiro atoms. The molecule has 0 saturated heterocycles. The number of ether oxygens (including phenoxy) is 1. The highest BCUT2D eigenvalue weighted by Gasteiger charge is 2.21. The Balaban J connectivity index is 1.84. The number of hydrogen-bond acceptors (Lipinski definition) is 2. The largest absolute Gasteiger partial charge is 0.497 e. The summed E-state index contributed by atoms with van der Waals surface area (Å²) in [5, 5.41) is 0. The molecule has 0 heterocycles. The zero-order valence-corrected chi connectivity index (χ0v) is 14.4. The predicted octanol–water partition coefficient (Wildman–Crippen LogP) is 4.98. The van der Waals surface area contributed by atoms with Gasteiger partial charge in [0.2, 0.25) is 0 Å². The summed E-state index contributed by atoms with van der Waals surface area (Å²) < 4.78 is 5.19. The van der Waals surface area contributed by atoms with Crippen LogP contribution in [0.15, 0.2) is 84.9 Å². The molecular weight excluding hydrogens is 308 g/mol. The van der Waals surface area contributed by atoms with Crippen LogP contribution in [0.3, 0.4) is 0 Å². The fourth-order valence-corrected chi connectivity index (χ4v) is 3.05. The van der Waals surface area contributed by atoms with Crippen LogP contribution in [0, 0.1) is 5.92 Å². The molecule has 0 atom stereocenters. The Hall–Kier alpha value is -2.87. The number of carbonyl (C=O) groups excluding carboxylic acids is 1. The third-order valence-electron chi connectivity index (χ3n) is 4.40. The first-order valence-electron chi connectivity index (χ1n) is 8.52. The normalized spacial score (nSPS) is 10.6. The van der Waals surface area contributed by atoms with Gasteiger partial charge >= 0.3 is 0 Å². The lowest BCUT2D eigenvalue weighted by Gasteiger charge is -2.17. The van der Waals surface area contributed by atoms with E-state index in [1.54, 1.807) is 7.11 Å². The summed E-state index contributed by atoms with van der Waals surface area (Å²) in [6.45, 7) is 0. The number of Topliss-reactive ketones (excluding diaryl/α,β-unsaturated/α-hetero) is 1. The average molecular weight is 330 g/mol. The van der Waals surface area contributed by atoms with Gasteiger partial charge in [0, 0.05) is 11.5 Å². The van der Waals surface area contributed by atoms with Crippen molar-refractivity contribution in [1.82, 2.24) is 0 Å². The van der Waals surface area contributed by atoms with Crippen molar-refractivity contribution in [1.29, 1.82) is 0 Å². The summed E-state index contributed by atoms with van der Waals surface area (Å²) in [4.78, 5) is 13.1. The van der Waals surface area contributed by atoms with Gasteiger partial charge in [0.05, 0.1) is 7.11 Å². The fourth-order valence-electron chi connectivity index (χ4n) is 3.05. The molecule has 0 aliphatic carbocycles. The van der Waals surface area contributed by atoms with E-state index in [4.69, 9.17) is 4.74 Å². The van der Waals surface area contributed by atoms with E-state index >= 15 is 0 Å². The Labute approximate surface area is 149 Å². The molecule has 2 nitrogen and oxygen atoms in total. The van der Waals surface area contributed by atoms with E-state index in [1.165, 1.54) is 11.1 Å². The van der Waals surface area contributed by atoms with Crippen molar-refractivity contribution in [2.45, 2.75) is 12.8 Å². The Morgan fingerprint density at radius 2 is 1.24 bits per heavy atom. The summed E-state index contributed by atoms with van der Waals surface area (Å²) in [5.41, 5.74) is 3.10. The van der Waals surface area contributed by atoms with Gasteiger partial charge in [0.25, 0.3) is 0 Å². The van der Waals surface area contributed by atoms with Gasteiger partial charge in [-0.25, -0.2) is 0 Å². The topological polar surface area (TPSA) is 26.3 Å². The van der Waals surface area contributed by atoms with E-state index in [1.807, 2.05) is 60.7 Å². The van der Waals surface area contributed by atoms with Crippen molar-refractivity contribution in [3.63, 3.8) is 0 Å². The van der Waals surface area contributed by atoms with E-state index in [9.17, 15) is 4.79 Å². The van der Waals surface area contributed by atoms with Gasteiger partial charge in [0.1, 0.15) is 5.75 Å². The van der Waals surface area contributed by atoms with Gasteiger partial charge in [-0.05, 0) is 48.2 Å². The molecule has 0 aliphatic rings. The molecule has 0 aromatic heterocycles. The summed E-state index contributed by atoms with van der Waals surface area (Å²) in [5.74, 6) is 0.854. The van der Waals surface area contributed by atoms with Crippen LogP contribution in [-0.2, 0) is 12.8 Å². The van der Waals surface area contributed by atoms with Crippen molar-refractivity contribution in [3.8, 4) is 5.75 Å². The minimum absolute atomic E-state index is 0.0850. The maximum atomic E-state index is 13.1. The van der Waals surface area contributed by atoms with E-state index in [0.717, 1.165) is 24.2 Å². The lowest BCUT2D eigenvalue weighted by Crippen LogP contribution is -2.20. The van der Waals surface area contributed by atoms with Crippen molar-refractivity contribution in [2.24, 2.45) is 5.92 Å². The maximum absolute atomic E-state index is 13.1. The van der Waals surface area contributed by atoms with Crippen molar-refractivity contribution >= 4 is 5.78 Å². The lowest BCUT2D eigenvalue weighted by molar-refractivity contribution is 0.0918. The van der Waals surface area contributed by atoms with Crippen LogP contribution < -0.4 is 4.74 Å². The number of rotatable bonds is 7. The van der Waals surface area contributed by atoms with Gasteiger partial charge in [0.15, 0.2) is 5.78 Å². The molecule has 0 bridgehead atoms. The number of benzene rings is 3. The number of carbonyl (C=O) groups is 1. The van der Waals surface area contributed by atoms with Gasteiger partial charge in [-0.15, -0.1) is 0 Å². The minimum atomic E-state index is -0.0850. The highest BCUT2D eigenvalue weighted by atomic mass is 16.5. The zero-order chi connectivity index (χ0) is 17.5.